The van der Waals surface area contributed by atoms with Gasteiger partial charge in [0.15, 0.2) is 11.4 Å². The summed E-state index contributed by atoms with van der Waals surface area (Å²) in [5.41, 5.74) is 0.750. The standard InChI is InChI=1S/C25H35ClN4O3/c26-20-3-6-22-23(17-20)33-28-24(22)30-13-11-29(12-14-30)10-7-18-1-4-21(5-2-18)27-25(31)19-8-15-32-16-9-19/h3,6,17-19,21H,1-2,4-5,7-16H2,(H,27,31)/t18-,21-. The Balaban J connectivity index is 1.01. The van der Waals surface area contributed by atoms with Crippen LogP contribution in [0.3, 0.4) is 0 Å². The lowest BCUT2D eigenvalue weighted by Gasteiger charge is -2.36. The number of hydrogen-bond acceptors (Lipinski definition) is 6. The predicted octanol–water partition coefficient (Wildman–Crippen LogP) is 4.09. The van der Waals surface area contributed by atoms with E-state index < -0.39 is 0 Å². The second-order valence-corrected chi connectivity index (χ2v) is 10.3. The summed E-state index contributed by atoms with van der Waals surface area (Å²) in [6, 6.07) is 6.09. The van der Waals surface area contributed by atoms with E-state index in [4.69, 9.17) is 20.9 Å². The summed E-state index contributed by atoms with van der Waals surface area (Å²) in [5.74, 6) is 2.12. The molecular formula is C25H35ClN4O3. The molecule has 0 bridgehead atoms. The Kier molecular flexibility index (Phi) is 7.38. The molecule has 1 amide bonds. The van der Waals surface area contributed by atoms with Crippen molar-refractivity contribution in [2.24, 2.45) is 11.8 Å². The van der Waals surface area contributed by atoms with Crippen molar-refractivity contribution < 1.29 is 14.1 Å². The van der Waals surface area contributed by atoms with Crippen LogP contribution in [0.5, 0.6) is 0 Å². The van der Waals surface area contributed by atoms with Crippen LogP contribution in [0.25, 0.3) is 11.0 Å². The van der Waals surface area contributed by atoms with Crippen LogP contribution in [0, 0.1) is 11.8 Å². The number of anilines is 1. The summed E-state index contributed by atoms with van der Waals surface area (Å²) in [4.78, 5) is 17.4. The largest absolute Gasteiger partial charge is 0.381 e. The van der Waals surface area contributed by atoms with Crippen molar-refractivity contribution >= 4 is 34.3 Å². The van der Waals surface area contributed by atoms with Gasteiger partial charge in [-0.1, -0.05) is 16.8 Å². The van der Waals surface area contributed by atoms with Crippen LogP contribution in [-0.4, -0.2) is 67.9 Å². The highest BCUT2D eigenvalue weighted by atomic mass is 35.5. The van der Waals surface area contributed by atoms with Crippen LogP contribution in [-0.2, 0) is 9.53 Å². The highest BCUT2D eigenvalue weighted by Gasteiger charge is 2.28. The number of halogens is 1. The number of piperazine rings is 1. The van der Waals surface area contributed by atoms with E-state index in [9.17, 15) is 4.79 Å². The molecule has 1 N–H and O–H groups in total. The molecule has 1 aromatic heterocycles. The molecule has 1 aromatic carbocycles. The number of hydrogen-bond donors (Lipinski definition) is 1. The van der Waals surface area contributed by atoms with E-state index in [1.807, 2.05) is 18.2 Å². The molecule has 0 radical (unpaired) electrons. The van der Waals surface area contributed by atoms with Gasteiger partial charge in [-0.15, -0.1) is 0 Å². The highest BCUT2D eigenvalue weighted by molar-refractivity contribution is 6.31. The Labute approximate surface area is 200 Å². The molecule has 2 saturated heterocycles. The van der Waals surface area contributed by atoms with Gasteiger partial charge in [-0.05, 0) is 69.5 Å². The van der Waals surface area contributed by atoms with E-state index in [0.29, 0.717) is 11.1 Å². The first-order valence-electron chi connectivity index (χ1n) is 12.6. The fourth-order valence-electron chi connectivity index (χ4n) is 5.55. The molecule has 33 heavy (non-hydrogen) atoms. The highest BCUT2D eigenvalue weighted by Crippen LogP contribution is 2.30. The lowest BCUT2D eigenvalue weighted by molar-refractivity contribution is -0.128. The number of ether oxygens (including phenoxy) is 1. The Bertz CT molecular complexity index is 929. The lowest BCUT2D eigenvalue weighted by atomic mass is 9.83. The molecule has 3 aliphatic rings. The average molecular weight is 475 g/mol. The summed E-state index contributed by atoms with van der Waals surface area (Å²) < 4.78 is 10.9. The SMILES string of the molecule is O=C(N[C@H]1CC[C@H](CCN2CCN(c3noc4cc(Cl)ccc34)CC2)CC1)C1CCOCC1. The van der Waals surface area contributed by atoms with Gasteiger partial charge in [0.05, 0.1) is 5.39 Å². The van der Waals surface area contributed by atoms with Crippen molar-refractivity contribution in [3.05, 3.63) is 23.2 Å². The van der Waals surface area contributed by atoms with E-state index in [-0.39, 0.29) is 11.8 Å². The van der Waals surface area contributed by atoms with Gasteiger partial charge < -0.3 is 19.5 Å². The van der Waals surface area contributed by atoms with Crippen LogP contribution >= 0.6 is 11.6 Å². The third kappa shape index (κ3) is 5.64. The molecular weight excluding hydrogens is 440 g/mol. The molecule has 2 aromatic rings. The molecule has 0 atom stereocenters. The minimum absolute atomic E-state index is 0.156. The van der Waals surface area contributed by atoms with Crippen LogP contribution < -0.4 is 10.2 Å². The molecule has 180 valence electrons. The van der Waals surface area contributed by atoms with Crippen LogP contribution in [0.4, 0.5) is 5.82 Å². The van der Waals surface area contributed by atoms with Gasteiger partial charge in [-0.2, -0.15) is 0 Å². The second-order valence-electron chi connectivity index (χ2n) is 9.88. The van der Waals surface area contributed by atoms with Gasteiger partial charge in [0.2, 0.25) is 5.91 Å². The van der Waals surface area contributed by atoms with Gasteiger partial charge in [0.1, 0.15) is 0 Å². The van der Waals surface area contributed by atoms with Gasteiger partial charge in [-0.25, -0.2) is 0 Å². The number of nitrogens with one attached hydrogen (secondary N) is 1. The number of benzene rings is 1. The van der Waals surface area contributed by atoms with Crippen molar-refractivity contribution in [1.29, 1.82) is 0 Å². The minimum atomic E-state index is 0.156. The number of carbonyl (C=O) groups is 1. The molecule has 3 fully saturated rings. The minimum Gasteiger partial charge on any atom is -0.381 e. The number of rotatable bonds is 6. The smallest absolute Gasteiger partial charge is 0.223 e. The normalized spacial score (nSPS) is 25.4. The quantitative estimate of drug-likeness (QED) is 0.679. The van der Waals surface area contributed by atoms with E-state index in [2.05, 4.69) is 20.3 Å². The Morgan fingerprint density at radius 1 is 1.06 bits per heavy atom. The van der Waals surface area contributed by atoms with Gasteiger partial charge in [0, 0.05) is 62.4 Å². The molecule has 0 spiro atoms. The zero-order chi connectivity index (χ0) is 22.6. The molecule has 2 aliphatic heterocycles. The van der Waals surface area contributed by atoms with Crippen molar-refractivity contribution in [1.82, 2.24) is 15.4 Å². The summed E-state index contributed by atoms with van der Waals surface area (Å²) in [5, 5.41) is 9.32. The number of amides is 1. The van der Waals surface area contributed by atoms with Crippen molar-refractivity contribution in [2.45, 2.75) is 51.0 Å². The second kappa shape index (κ2) is 10.6. The first-order chi connectivity index (χ1) is 16.2. The van der Waals surface area contributed by atoms with Crippen LogP contribution in [0.2, 0.25) is 5.02 Å². The van der Waals surface area contributed by atoms with Gasteiger partial charge in [-0.3, -0.25) is 9.69 Å². The fraction of sp³-hybridized carbons (Fsp3) is 0.680. The third-order valence-corrected chi connectivity index (χ3v) is 7.96. The first-order valence-corrected chi connectivity index (χ1v) is 12.9. The van der Waals surface area contributed by atoms with Crippen molar-refractivity contribution in [3.63, 3.8) is 0 Å². The fourth-order valence-corrected chi connectivity index (χ4v) is 5.71. The molecule has 7 nitrogen and oxygen atoms in total. The van der Waals surface area contributed by atoms with Gasteiger partial charge in [0.25, 0.3) is 0 Å². The van der Waals surface area contributed by atoms with E-state index >= 15 is 0 Å². The maximum atomic E-state index is 12.5. The zero-order valence-corrected chi connectivity index (χ0v) is 20.1. The Morgan fingerprint density at radius 2 is 1.82 bits per heavy atom. The van der Waals surface area contributed by atoms with Crippen LogP contribution in [0.15, 0.2) is 22.7 Å². The first kappa shape index (κ1) is 22.9. The molecule has 5 rings (SSSR count). The van der Waals surface area contributed by atoms with E-state index in [1.54, 1.807) is 0 Å². The van der Waals surface area contributed by atoms with Gasteiger partial charge >= 0.3 is 0 Å². The van der Waals surface area contributed by atoms with Crippen LogP contribution in [0.1, 0.15) is 44.9 Å². The monoisotopic (exact) mass is 474 g/mol. The summed E-state index contributed by atoms with van der Waals surface area (Å²) in [6.07, 6.45) is 7.70. The van der Waals surface area contributed by atoms with Crippen molar-refractivity contribution in [2.75, 3.05) is 50.8 Å². The van der Waals surface area contributed by atoms with Crippen molar-refractivity contribution in [3.8, 4) is 0 Å². The molecule has 3 heterocycles. The Hall–Kier alpha value is -1.83. The molecule has 0 unspecified atom stereocenters. The zero-order valence-electron chi connectivity index (χ0n) is 19.3. The summed E-state index contributed by atoms with van der Waals surface area (Å²) in [6.45, 7) is 6.65. The number of carbonyl (C=O) groups excluding carboxylic acids is 1. The Morgan fingerprint density at radius 3 is 2.58 bits per heavy atom. The maximum Gasteiger partial charge on any atom is 0.223 e. The van der Waals surface area contributed by atoms with E-state index in [0.717, 1.165) is 94.3 Å². The topological polar surface area (TPSA) is 70.8 Å². The summed E-state index contributed by atoms with van der Waals surface area (Å²) in [7, 11) is 0. The number of fused-ring (bicyclic) bond motifs is 1. The number of aromatic nitrogens is 1. The maximum absolute atomic E-state index is 12.5. The molecule has 8 heteroatoms. The third-order valence-electron chi connectivity index (χ3n) is 7.73. The summed E-state index contributed by atoms with van der Waals surface area (Å²) >= 11 is 6.06. The average Bonchev–Trinajstić information content (AvgIpc) is 3.27. The lowest BCUT2D eigenvalue weighted by Crippen LogP contribution is -2.47. The predicted molar refractivity (Wildman–Crippen MR) is 130 cm³/mol. The molecule has 1 aliphatic carbocycles. The number of nitrogens with zero attached hydrogens (tertiary/aromatic N) is 3. The van der Waals surface area contributed by atoms with E-state index in [1.165, 1.54) is 19.3 Å². The molecule has 1 saturated carbocycles.